The van der Waals surface area contributed by atoms with Gasteiger partial charge in [0.2, 0.25) is 11.8 Å². The molecule has 0 fully saturated rings. The third kappa shape index (κ3) is 7.82. The number of carbonyl (C=O) groups excluding carboxylic acids is 2. The Morgan fingerprint density at radius 2 is 1.60 bits per heavy atom. The third-order valence-corrected chi connectivity index (χ3v) is 8.53. The van der Waals surface area contributed by atoms with Gasteiger partial charge >= 0.3 is 0 Å². The van der Waals surface area contributed by atoms with Crippen LogP contribution in [-0.4, -0.2) is 44.3 Å². The largest absolute Gasteiger partial charge is 0.354 e. The number of hydrogen-bond acceptors (Lipinski definition) is 4. The van der Waals surface area contributed by atoms with E-state index in [9.17, 15) is 22.4 Å². The highest BCUT2D eigenvalue weighted by atomic mass is 35.5. The average Bonchev–Trinajstić information content (AvgIpc) is 2.92. The molecule has 1 atom stereocenters. The number of benzene rings is 3. The van der Waals surface area contributed by atoms with Crippen LogP contribution in [0.15, 0.2) is 77.7 Å². The second-order valence-corrected chi connectivity index (χ2v) is 12.2. The molecule has 0 heterocycles. The summed E-state index contributed by atoms with van der Waals surface area (Å²) in [6, 6.07) is 17.2. The van der Waals surface area contributed by atoms with Crippen molar-refractivity contribution in [2.45, 2.75) is 51.6 Å². The first kappa shape index (κ1) is 31.1. The number of halogens is 2. The summed E-state index contributed by atoms with van der Waals surface area (Å²) in [4.78, 5) is 28.6. The van der Waals surface area contributed by atoms with Crippen molar-refractivity contribution in [3.8, 4) is 0 Å². The van der Waals surface area contributed by atoms with E-state index in [-0.39, 0.29) is 29.0 Å². The van der Waals surface area contributed by atoms with E-state index in [1.54, 1.807) is 43.3 Å². The van der Waals surface area contributed by atoms with Gasteiger partial charge in [0.1, 0.15) is 18.4 Å². The van der Waals surface area contributed by atoms with Crippen molar-refractivity contribution >= 4 is 39.1 Å². The molecule has 3 rings (SSSR count). The van der Waals surface area contributed by atoms with E-state index in [1.807, 2.05) is 20.8 Å². The lowest BCUT2D eigenvalue weighted by molar-refractivity contribution is -0.140. The Balaban J connectivity index is 2.05. The van der Waals surface area contributed by atoms with E-state index in [4.69, 9.17) is 11.6 Å². The Morgan fingerprint density at radius 3 is 2.17 bits per heavy atom. The summed E-state index contributed by atoms with van der Waals surface area (Å²) < 4.78 is 42.3. The van der Waals surface area contributed by atoms with Crippen molar-refractivity contribution in [1.82, 2.24) is 10.2 Å². The Morgan fingerprint density at radius 1 is 0.975 bits per heavy atom. The molecule has 0 aliphatic rings. The lowest BCUT2D eigenvalue weighted by Gasteiger charge is -2.33. The Labute approximate surface area is 241 Å². The molecule has 0 aliphatic carbocycles. The van der Waals surface area contributed by atoms with E-state index in [0.717, 1.165) is 22.0 Å². The highest BCUT2D eigenvalue weighted by Gasteiger charge is 2.34. The number of nitrogens with zero attached hydrogens (tertiary/aromatic N) is 2. The number of amides is 2. The first-order valence-corrected chi connectivity index (χ1v) is 14.9. The molecule has 0 bridgehead atoms. The fourth-order valence-electron chi connectivity index (χ4n) is 4.13. The van der Waals surface area contributed by atoms with E-state index in [1.165, 1.54) is 29.2 Å². The molecular weight excluding hydrogens is 553 g/mol. The van der Waals surface area contributed by atoms with Crippen molar-refractivity contribution in [2.75, 3.05) is 17.4 Å². The number of anilines is 1. The SMILES string of the molecule is CCC(C(=O)NCC(C)C)N(Cc1ccccc1Cl)C(=O)CN(c1ccc(F)cc1)S(=O)(=O)c1ccc(C)cc1. The molecule has 3 aromatic rings. The van der Waals surface area contributed by atoms with Gasteiger partial charge < -0.3 is 10.2 Å². The molecule has 0 aromatic heterocycles. The minimum Gasteiger partial charge on any atom is -0.354 e. The van der Waals surface area contributed by atoms with Gasteiger partial charge in [-0.3, -0.25) is 13.9 Å². The zero-order valence-corrected chi connectivity index (χ0v) is 24.7. The Hall–Kier alpha value is -3.43. The first-order chi connectivity index (χ1) is 18.9. The summed E-state index contributed by atoms with van der Waals surface area (Å²) >= 11 is 6.40. The molecule has 0 saturated carbocycles. The van der Waals surface area contributed by atoms with E-state index in [0.29, 0.717) is 23.6 Å². The maximum atomic E-state index is 14.0. The number of carbonyl (C=O) groups is 2. The molecule has 7 nitrogen and oxygen atoms in total. The summed E-state index contributed by atoms with van der Waals surface area (Å²) in [5, 5.41) is 3.30. The molecule has 1 unspecified atom stereocenters. The molecular formula is C30H35ClFN3O4S. The van der Waals surface area contributed by atoms with Crippen LogP contribution in [-0.2, 0) is 26.2 Å². The van der Waals surface area contributed by atoms with Crippen LogP contribution in [0, 0.1) is 18.7 Å². The van der Waals surface area contributed by atoms with Gasteiger partial charge in [-0.05, 0) is 67.3 Å². The average molecular weight is 588 g/mol. The molecule has 214 valence electrons. The first-order valence-electron chi connectivity index (χ1n) is 13.1. The summed E-state index contributed by atoms with van der Waals surface area (Å²) in [6.07, 6.45) is 0.293. The summed E-state index contributed by atoms with van der Waals surface area (Å²) in [5.41, 5.74) is 1.60. The highest BCUT2D eigenvalue weighted by Crippen LogP contribution is 2.26. The van der Waals surface area contributed by atoms with Crippen LogP contribution >= 0.6 is 11.6 Å². The van der Waals surface area contributed by atoms with Crippen LogP contribution in [0.5, 0.6) is 0 Å². The van der Waals surface area contributed by atoms with Gasteiger partial charge in [0.25, 0.3) is 10.0 Å². The van der Waals surface area contributed by atoms with Crippen molar-refractivity contribution in [3.63, 3.8) is 0 Å². The molecule has 2 amide bonds. The number of sulfonamides is 1. The number of hydrogen-bond donors (Lipinski definition) is 1. The summed E-state index contributed by atoms with van der Waals surface area (Å²) in [5.74, 6) is -1.29. The summed E-state index contributed by atoms with van der Waals surface area (Å²) in [6.45, 7) is 7.35. The Kier molecular flexibility index (Phi) is 10.7. The van der Waals surface area contributed by atoms with Gasteiger partial charge in [0, 0.05) is 18.1 Å². The van der Waals surface area contributed by atoms with Crippen molar-refractivity contribution in [3.05, 3.63) is 94.8 Å². The Bertz CT molecular complexity index is 1410. The quantitative estimate of drug-likeness (QED) is 0.300. The van der Waals surface area contributed by atoms with Gasteiger partial charge in [0.05, 0.1) is 10.6 Å². The van der Waals surface area contributed by atoms with Crippen LogP contribution in [0.1, 0.15) is 38.3 Å². The molecule has 40 heavy (non-hydrogen) atoms. The second-order valence-electron chi connectivity index (χ2n) is 9.98. The predicted octanol–water partition coefficient (Wildman–Crippen LogP) is 5.56. The molecule has 0 spiro atoms. The number of rotatable bonds is 12. The van der Waals surface area contributed by atoms with Gasteiger partial charge in [0.15, 0.2) is 0 Å². The van der Waals surface area contributed by atoms with Gasteiger partial charge in [-0.15, -0.1) is 0 Å². The second kappa shape index (κ2) is 13.8. The minimum absolute atomic E-state index is 0.00600. The zero-order valence-electron chi connectivity index (χ0n) is 23.1. The van der Waals surface area contributed by atoms with Crippen LogP contribution in [0.2, 0.25) is 5.02 Å². The maximum absolute atomic E-state index is 14.0. The monoisotopic (exact) mass is 587 g/mol. The number of aryl methyl sites for hydroxylation is 1. The molecule has 10 heteroatoms. The van der Waals surface area contributed by atoms with E-state index >= 15 is 0 Å². The maximum Gasteiger partial charge on any atom is 0.264 e. The number of nitrogens with one attached hydrogen (secondary N) is 1. The molecule has 1 N–H and O–H groups in total. The van der Waals surface area contributed by atoms with Crippen molar-refractivity contribution in [1.29, 1.82) is 0 Å². The van der Waals surface area contributed by atoms with Crippen LogP contribution in [0.25, 0.3) is 0 Å². The molecule has 3 aromatic carbocycles. The standard InChI is InChI=1S/C30H35ClFN3O4S/c1-5-28(30(37)33-18-21(2)3)34(19-23-8-6-7-9-27(23)31)29(36)20-35(25-14-12-24(32)13-15-25)40(38,39)26-16-10-22(4)11-17-26/h6-17,21,28H,5,18-20H2,1-4H3,(H,33,37). The van der Waals surface area contributed by atoms with Crippen LogP contribution in [0.3, 0.4) is 0 Å². The van der Waals surface area contributed by atoms with Crippen molar-refractivity contribution < 1.29 is 22.4 Å². The molecule has 0 radical (unpaired) electrons. The van der Waals surface area contributed by atoms with Gasteiger partial charge in [-0.1, -0.05) is 68.3 Å². The lowest BCUT2D eigenvalue weighted by atomic mass is 10.1. The third-order valence-electron chi connectivity index (χ3n) is 6.37. The van der Waals surface area contributed by atoms with E-state index < -0.39 is 34.3 Å². The fraction of sp³-hybridized carbons (Fsp3) is 0.333. The predicted molar refractivity (Wildman–Crippen MR) is 156 cm³/mol. The van der Waals surface area contributed by atoms with Crippen LogP contribution in [0.4, 0.5) is 10.1 Å². The minimum atomic E-state index is -4.23. The molecule has 0 aliphatic heterocycles. The fourth-order valence-corrected chi connectivity index (χ4v) is 5.74. The van der Waals surface area contributed by atoms with E-state index in [2.05, 4.69) is 5.32 Å². The summed E-state index contributed by atoms with van der Waals surface area (Å²) in [7, 11) is -4.23. The smallest absolute Gasteiger partial charge is 0.264 e. The topological polar surface area (TPSA) is 86.8 Å². The van der Waals surface area contributed by atoms with Gasteiger partial charge in [-0.2, -0.15) is 0 Å². The van der Waals surface area contributed by atoms with Gasteiger partial charge in [-0.25, -0.2) is 12.8 Å². The van der Waals surface area contributed by atoms with Crippen molar-refractivity contribution in [2.24, 2.45) is 5.92 Å². The zero-order chi connectivity index (χ0) is 29.4. The van der Waals surface area contributed by atoms with Crippen LogP contribution < -0.4 is 9.62 Å². The molecule has 0 saturated heterocycles. The lowest BCUT2D eigenvalue weighted by Crippen LogP contribution is -2.52. The highest BCUT2D eigenvalue weighted by molar-refractivity contribution is 7.92. The normalized spacial score (nSPS) is 12.2.